The third-order valence-electron chi connectivity index (χ3n) is 3.29. The Morgan fingerprint density at radius 2 is 2.04 bits per heavy atom. The number of benzene rings is 2. The van der Waals surface area contributed by atoms with E-state index in [2.05, 4.69) is 34.8 Å². The molecule has 0 saturated heterocycles. The van der Waals surface area contributed by atoms with Crippen LogP contribution in [0.25, 0.3) is 10.8 Å². The highest BCUT2D eigenvalue weighted by Crippen LogP contribution is 2.42. The zero-order chi connectivity index (χ0) is 19.6. The van der Waals surface area contributed by atoms with E-state index in [0.717, 1.165) is 6.07 Å². The maximum absolute atomic E-state index is 11.6. The van der Waals surface area contributed by atoms with Crippen LogP contribution in [0.1, 0.15) is 5.82 Å². The number of aromatic amines is 1. The normalized spacial score (nSPS) is 12.3. The lowest BCUT2D eigenvalue weighted by Gasteiger charge is -2.09. The van der Waals surface area contributed by atoms with E-state index in [1.54, 1.807) is 6.92 Å². The van der Waals surface area contributed by atoms with Crippen molar-refractivity contribution in [3.63, 3.8) is 0 Å². The van der Waals surface area contributed by atoms with Crippen molar-refractivity contribution >= 4 is 44.6 Å². The lowest BCUT2D eigenvalue weighted by atomic mass is 10.1. The lowest BCUT2D eigenvalue weighted by molar-refractivity contribution is -0.432. The summed E-state index contributed by atoms with van der Waals surface area (Å²) in [5.41, 5.74) is -0.210. The van der Waals surface area contributed by atoms with E-state index in [9.17, 15) is 18.1 Å². The van der Waals surface area contributed by atoms with E-state index in [1.165, 1.54) is 18.2 Å². The molecular weight excluding hydrogens is 402 g/mol. The number of hydrogen-bond acceptors (Lipinski definition) is 11. The maximum Gasteiger partial charge on any atom is 0.298 e. The Labute approximate surface area is 155 Å². The highest BCUT2D eigenvalue weighted by molar-refractivity contribution is 7.94. The van der Waals surface area contributed by atoms with Gasteiger partial charge in [-0.1, -0.05) is 11.1 Å². The van der Waals surface area contributed by atoms with Crippen molar-refractivity contribution in [2.24, 2.45) is 10.2 Å². The number of hydrogen-bond donors (Lipinski definition) is 4. The van der Waals surface area contributed by atoms with Gasteiger partial charge in [0.15, 0.2) is 5.75 Å². The number of aromatic nitrogens is 3. The third kappa shape index (κ3) is 4.21. The molecule has 0 aliphatic rings. The summed E-state index contributed by atoms with van der Waals surface area (Å²) in [7, 11) is -4.75. The molecule has 4 N–H and O–H groups in total. The number of nitrogens with one attached hydrogen (secondary N) is 1. The zero-order valence-electron chi connectivity index (χ0n) is 13.4. The van der Waals surface area contributed by atoms with Crippen LogP contribution in [-0.4, -0.2) is 38.5 Å². The molecule has 27 heavy (non-hydrogen) atoms. The summed E-state index contributed by atoms with van der Waals surface area (Å²) >= 11 is 0.647. The predicted octanol–water partition coefficient (Wildman–Crippen LogP) is 3.06. The van der Waals surface area contributed by atoms with Crippen LogP contribution in [-0.2, 0) is 19.5 Å². The SMILES string of the molecule is Cc1nc(N=Nc2c(O)c(S(=O)(=O)O)cc3cc(SOOO)ccc23)n[nH]1. The second-order valence-electron chi connectivity index (χ2n) is 5.08. The summed E-state index contributed by atoms with van der Waals surface area (Å²) in [5.74, 6) is -0.327. The van der Waals surface area contributed by atoms with Crippen LogP contribution in [0.4, 0.5) is 11.6 Å². The highest BCUT2D eigenvalue weighted by atomic mass is 32.2. The molecule has 1 heterocycles. The number of rotatable bonds is 6. The molecule has 12 nitrogen and oxygen atoms in total. The van der Waals surface area contributed by atoms with Crippen LogP contribution in [0.3, 0.4) is 0 Å². The number of aryl methyl sites for hydroxylation is 1. The van der Waals surface area contributed by atoms with Crippen LogP contribution in [0.2, 0.25) is 0 Å². The number of phenolic OH excluding ortho intramolecular Hbond substituents is 1. The van der Waals surface area contributed by atoms with E-state index in [-0.39, 0.29) is 17.0 Å². The average molecular weight is 413 g/mol. The summed E-state index contributed by atoms with van der Waals surface area (Å²) in [5, 5.41) is 36.5. The quantitative estimate of drug-likeness (QED) is 0.154. The van der Waals surface area contributed by atoms with E-state index in [0.29, 0.717) is 28.1 Å². The fraction of sp³-hybridized carbons (Fsp3) is 0.0769. The molecule has 0 aliphatic carbocycles. The van der Waals surface area contributed by atoms with E-state index < -0.39 is 20.8 Å². The van der Waals surface area contributed by atoms with Crippen molar-refractivity contribution in [3.8, 4) is 5.75 Å². The fourth-order valence-corrected chi connectivity index (χ4v) is 3.23. The minimum absolute atomic E-state index is 0.0296. The second kappa shape index (κ2) is 7.55. The Bertz CT molecular complexity index is 1130. The van der Waals surface area contributed by atoms with E-state index in [4.69, 9.17) is 5.26 Å². The van der Waals surface area contributed by atoms with Crippen LogP contribution in [0, 0.1) is 6.92 Å². The molecular formula is C13H11N5O7S2. The van der Waals surface area contributed by atoms with Gasteiger partial charge in [-0.25, -0.2) is 5.26 Å². The first-order valence-electron chi connectivity index (χ1n) is 7.02. The number of nitrogens with zero attached hydrogens (tertiary/aromatic N) is 4. The lowest BCUT2D eigenvalue weighted by Crippen LogP contribution is -1.99. The van der Waals surface area contributed by atoms with Gasteiger partial charge in [-0.3, -0.25) is 9.65 Å². The van der Waals surface area contributed by atoms with Crippen molar-refractivity contribution in [2.45, 2.75) is 16.7 Å². The number of fused-ring (bicyclic) bond motifs is 1. The van der Waals surface area contributed by atoms with Crippen molar-refractivity contribution in [1.29, 1.82) is 0 Å². The molecule has 0 fully saturated rings. The molecule has 0 unspecified atom stereocenters. The zero-order valence-corrected chi connectivity index (χ0v) is 15.0. The number of H-pyrrole nitrogens is 1. The van der Waals surface area contributed by atoms with Crippen LogP contribution >= 0.6 is 12.0 Å². The molecule has 0 aliphatic heterocycles. The maximum atomic E-state index is 11.6. The monoisotopic (exact) mass is 413 g/mol. The Morgan fingerprint density at radius 3 is 2.67 bits per heavy atom. The van der Waals surface area contributed by atoms with Gasteiger partial charge in [-0.2, -0.15) is 13.4 Å². The molecule has 0 saturated carbocycles. The molecule has 1 aromatic heterocycles. The first-order valence-corrected chi connectivity index (χ1v) is 9.20. The van der Waals surface area contributed by atoms with Crippen LogP contribution in [0.15, 0.2) is 44.3 Å². The molecule has 3 rings (SSSR count). The fourth-order valence-electron chi connectivity index (χ4n) is 2.20. The minimum Gasteiger partial charge on any atom is -0.504 e. The van der Waals surface area contributed by atoms with E-state index in [1.807, 2.05) is 0 Å². The van der Waals surface area contributed by atoms with Crippen molar-refractivity contribution in [3.05, 3.63) is 30.1 Å². The standard InChI is InChI=1S/C13H11N5O7S2/c1-6-14-13(17-15-6)18-16-11-9-3-2-8(26-25-24-20)4-7(9)5-10(12(11)19)27(21,22)23/h2-5,19-20H,1H3,(H,14,15,17)(H,21,22,23). The Morgan fingerprint density at radius 1 is 1.26 bits per heavy atom. The molecule has 3 aromatic rings. The highest BCUT2D eigenvalue weighted by Gasteiger charge is 2.22. The van der Waals surface area contributed by atoms with Gasteiger partial charge in [0.25, 0.3) is 16.1 Å². The first-order chi connectivity index (χ1) is 12.8. The average Bonchev–Trinajstić information content (AvgIpc) is 3.03. The summed E-state index contributed by atoms with van der Waals surface area (Å²) in [6.07, 6.45) is 0. The Balaban J connectivity index is 2.19. The van der Waals surface area contributed by atoms with Gasteiger partial charge in [0.2, 0.25) is 0 Å². The molecule has 142 valence electrons. The Kier molecular flexibility index (Phi) is 5.36. The topological polar surface area (TPSA) is 180 Å². The largest absolute Gasteiger partial charge is 0.504 e. The summed E-state index contributed by atoms with van der Waals surface area (Å²) in [4.78, 5) is 3.59. The second-order valence-corrected chi connectivity index (χ2v) is 7.24. The van der Waals surface area contributed by atoms with Gasteiger partial charge in [0, 0.05) is 10.3 Å². The van der Waals surface area contributed by atoms with Crippen LogP contribution < -0.4 is 0 Å². The molecule has 0 atom stereocenters. The molecule has 0 amide bonds. The number of aromatic hydroxyl groups is 1. The summed E-state index contributed by atoms with van der Waals surface area (Å²) in [6, 6.07) is 5.56. The molecule has 0 spiro atoms. The van der Waals surface area contributed by atoms with Crippen molar-refractivity contribution < 1.29 is 32.7 Å². The Hall–Kier alpha value is -2.62. The van der Waals surface area contributed by atoms with Crippen molar-refractivity contribution in [2.75, 3.05) is 0 Å². The molecule has 2 aromatic carbocycles. The van der Waals surface area contributed by atoms with Crippen molar-refractivity contribution in [1.82, 2.24) is 15.2 Å². The van der Waals surface area contributed by atoms with Gasteiger partial charge in [0.05, 0.1) is 12.0 Å². The number of azo groups is 1. The third-order valence-corrected chi connectivity index (χ3v) is 4.73. The molecule has 0 bridgehead atoms. The van der Waals surface area contributed by atoms with Gasteiger partial charge < -0.3 is 5.11 Å². The van der Waals surface area contributed by atoms with Crippen LogP contribution in [0.5, 0.6) is 5.75 Å². The van der Waals surface area contributed by atoms with Gasteiger partial charge in [-0.05, 0) is 30.5 Å². The summed E-state index contributed by atoms with van der Waals surface area (Å²) in [6.45, 7) is 1.65. The molecule has 14 heteroatoms. The first kappa shape index (κ1) is 19.2. The van der Waals surface area contributed by atoms with Gasteiger partial charge in [0.1, 0.15) is 16.4 Å². The predicted molar refractivity (Wildman–Crippen MR) is 91.4 cm³/mol. The summed E-state index contributed by atoms with van der Waals surface area (Å²) < 4.78 is 36.9. The minimum atomic E-state index is -4.75. The van der Waals surface area contributed by atoms with Gasteiger partial charge in [-0.15, -0.1) is 19.7 Å². The smallest absolute Gasteiger partial charge is 0.298 e. The number of phenols is 1. The van der Waals surface area contributed by atoms with E-state index >= 15 is 0 Å². The molecule has 0 radical (unpaired) electrons. The van der Waals surface area contributed by atoms with Gasteiger partial charge >= 0.3 is 0 Å².